The molecule has 3 rings (SSSR count). The lowest BCUT2D eigenvalue weighted by Crippen LogP contribution is -2.15. The number of hydrogen-bond donors (Lipinski definition) is 1. The highest BCUT2D eigenvalue weighted by Gasteiger charge is 2.24. The third-order valence-electron chi connectivity index (χ3n) is 4.05. The highest BCUT2D eigenvalue weighted by atomic mass is 31.2. The van der Waals surface area contributed by atoms with Crippen LogP contribution in [0.25, 0.3) is 0 Å². The van der Waals surface area contributed by atoms with E-state index in [1.807, 2.05) is 85.5 Å². The van der Waals surface area contributed by atoms with Crippen molar-refractivity contribution in [1.29, 1.82) is 0 Å². The van der Waals surface area contributed by atoms with Crippen LogP contribution in [0.3, 0.4) is 0 Å². The topological polar surface area (TPSA) is 29.1 Å². The number of benzene rings is 3. The molecule has 1 N–H and O–H groups in total. The Morgan fingerprint density at radius 2 is 1.28 bits per heavy atom. The van der Waals surface area contributed by atoms with Crippen LogP contribution in [0.4, 0.5) is 5.69 Å². The second-order valence-electron chi connectivity index (χ2n) is 6.13. The highest BCUT2D eigenvalue weighted by Crippen LogP contribution is 2.45. The SMILES string of the molecule is CC(=CP(=O)(c1ccccc1)c1ccccc1)Nc1ccc(C)cc1. The van der Waals surface area contributed by atoms with Crippen LogP contribution in [-0.4, -0.2) is 0 Å². The second-order valence-corrected chi connectivity index (χ2v) is 8.74. The fourth-order valence-electron chi connectivity index (χ4n) is 2.77. The molecular weight excluding hydrogens is 325 g/mol. The zero-order valence-electron chi connectivity index (χ0n) is 14.5. The average Bonchev–Trinajstić information content (AvgIpc) is 2.65. The van der Waals surface area contributed by atoms with E-state index in [2.05, 4.69) is 24.4 Å². The van der Waals surface area contributed by atoms with E-state index in [4.69, 9.17) is 0 Å². The van der Waals surface area contributed by atoms with Crippen molar-refractivity contribution in [3.8, 4) is 0 Å². The molecule has 0 aromatic heterocycles. The maximum absolute atomic E-state index is 14.0. The first-order valence-corrected chi connectivity index (χ1v) is 10.1. The number of nitrogens with one attached hydrogen (secondary N) is 1. The van der Waals surface area contributed by atoms with Gasteiger partial charge in [0.15, 0.2) is 7.14 Å². The molecule has 0 saturated carbocycles. The van der Waals surface area contributed by atoms with Crippen molar-refractivity contribution in [1.82, 2.24) is 0 Å². The Hall–Kier alpha value is -2.57. The third kappa shape index (κ3) is 4.10. The highest BCUT2D eigenvalue weighted by molar-refractivity contribution is 7.81. The summed E-state index contributed by atoms with van der Waals surface area (Å²) in [4.78, 5) is 0. The summed E-state index contributed by atoms with van der Waals surface area (Å²) < 4.78 is 14.0. The molecular formula is C22H22NOP. The molecule has 2 nitrogen and oxygen atoms in total. The Morgan fingerprint density at radius 1 is 0.800 bits per heavy atom. The van der Waals surface area contributed by atoms with E-state index >= 15 is 0 Å². The van der Waals surface area contributed by atoms with Gasteiger partial charge in [0.1, 0.15) is 0 Å². The molecule has 0 amide bonds. The zero-order chi connectivity index (χ0) is 17.7. The van der Waals surface area contributed by atoms with Crippen LogP contribution in [0, 0.1) is 6.92 Å². The lowest BCUT2D eigenvalue weighted by molar-refractivity contribution is 0.592. The van der Waals surface area contributed by atoms with Crippen LogP contribution in [0.2, 0.25) is 0 Å². The van der Waals surface area contributed by atoms with Gasteiger partial charge in [-0.25, -0.2) is 0 Å². The molecule has 0 aliphatic carbocycles. The predicted octanol–water partition coefficient (Wildman–Crippen LogP) is 5.28. The summed E-state index contributed by atoms with van der Waals surface area (Å²) in [7, 11) is -2.85. The quantitative estimate of drug-likeness (QED) is 0.636. The fourth-order valence-corrected chi connectivity index (χ4v) is 5.20. The molecule has 0 heterocycles. The van der Waals surface area contributed by atoms with E-state index in [1.165, 1.54) is 5.56 Å². The Labute approximate surface area is 149 Å². The molecule has 0 spiro atoms. The molecule has 3 aromatic rings. The Bertz CT molecular complexity index is 856. The van der Waals surface area contributed by atoms with Gasteiger partial charge in [-0.15, -0.1) is 0 Å². The Morgan fingerprint density at radius 3 is 1.76 bits per heavy atom. The summed E-state index contributed by atoms with van der Waals surface area (Å²) in [6.45, 7) is 4.02. The van der Waals surface area contributed by atoms with E-state index in [0.717, 1.165) is 22.0 Å². The van der Waals surface area contributed by atoms with Crippen LogP contribution >= 0.6 is 7.14 Å². The summed E-state index contributed by atoms with van der Waals surface area (Å²) in [6.07, 6.45) is 0. The minimum atomic E-state index is -2.85. The lowest BCUT2D eigenvalue weighted by atomic mass is 10.2. The first-order valence-electron chi connectivity index (χ1n) is 8.32. The average molecular weight is 347 g/mol. The molecule has 3 aromatic carbocycles. The molecule has 0 aliphatic rings. The van der Waals surface area contributed by atoms with Crippen molar-refractivity contribution < 1.29 is 4.57 Å². The first-order chi connectivity index (χ1) is 12.1. The summed E-state index contributed by atoms with van der Waals surface area (Å²) in [6, 6.07) is 27.5. The van der Waals surface area contributed by atoms with E-state index in [1.54, 1.807) is 0 Å². The second kappa shape index (κ2) is 7.55. The van der Waals surface area contributed by atoms with Gasteiger partial charge in [0.25, 0.3) is 0 Å². The van der Waals surface area contributed by atoms with E-state index < -0.39 is 7.14 Å². The molecule has 0 radical (unpaired) electrons. The molecule has 0 saturated heterocycles. The molecule has 3 heteroatoms. The van der Waals surface area contributed by atoms with Crippen LogP contribution in [0.15, 0.2) is 96.4 Å². The number of allylic oxidation sites excluding steroid dienone is 1. The van der Waals surface area contributed by atoms with Gasteiger partial charge >= 0.3 is 0 Å². The van der Waals surface area contributed by atoms with E-state index in [-0.39, 0.29) is 0 Å². The van der Waals surface area contributed by atoms with Crippen LogP contribution in [0.1, 0.15) is 12.5 Å². The van der Waals surface area contributed by atoms with Crippen molar-refractivity contribution >= 4 is 23.4 Å². The Kier molecular flexibility index (Phi) is 5.21. The van der Waals surface area contributed by atoms with Crippen molar-refractivity contribution in [3.63, 3.8) is 0 Å². The number of rotatable bonds is 5. The summed E-state index contributed by atoms with van der Waals surface area (Å²) in [5, 5.41) is 5.03. The maximum Gasteiger partial charge on any atom is 0.165 e. The number of hydrogen-bond acceptors (Lipinski definition) is 2. The van der Waals surface area contributed by atoms with Gasteiger partial charge in [0.2, 0.25) is 0 Å². The number of anilines is 1. The van der Waals surface area contributed by atoms with Gasteiger partial charge in [-0.05, 0) is 26.0 Å². The van der Waals surface area contributed by atoms with Gasteiger partial charge < -0.3 is 9.88 Å². The minimum Gasteiger partial charge on any atom is -0.359 e. The molecule has 0 aliphatic heterocycles. The molecule has 0 fully saturated rings. The van der Waals surface area contributed by atoms with Crippen molar-refractivity contribution in [3.05, 3.63) is 102 Å². The van der Waals surface area contributed by atoms with Gasteiger partial charge in [0.05, 0.1) is 0 Å². The van der Waals surface area contributed by atoms with Crippen LogP contribution in [-0.2, 0) is 4.57 Å². The summed E-state index contributed by atoms with van der Waals surface area (Å²) in [5.74, 6) is 1.87. The Balaban J connectivity index is 2.00. The molecule has 0 atom stereocenters. The molecule has 25 heavy (non-hydrogen) atoms. The summed E-state index contributed by atoms with van der Waals surface area (Å²) >= 11 is 0. The van der Waals surface area contributed by atoms with Gasteiger partial charge in [-0.2, -0.15) is 0 Å². The lowest BCUT2D eigenvalue weighted by Gasteiger charge is -2.17. The summed E-state index contributed by atoms with van der Waals surface area (Å²) in [5.41, 5.74) is 3.08. The smallest absolute Gasteiger partial charge is 0.165 e. The van der Waals surface area contributed by atoms with Crippen molar-refractivity contribution in [2.75, 3.05) is 5.32 Å². The minimum absolute atomic E-state index is 0.839. The van der Waals surface area contributed by atoms with Crippen molar-refractivity contribution in [2.24, 2.45) is 0 Å². The van der Waals surface area contributed by atoms with Crippen LogP contribution in [0.5, 0.6) is 0 Å². The standard InChI is InChI=1S/C22H22NOP/c1-18-13-15-20(16-14-18)23-19(2)17-25(24,21-9-5-3-6-10-21)22-11-7-4-8-12-22/h3-17,23H,1-2H3. The van der Waals surface area contributed by atoms with Gasteiger partial charge in [-0.3, -0.25) is 0 Å². The predicted molar refractivity (Wildman–Crippen MR) is 108 cm³/mol. The van der Waals surface area contributed by atoms with Gasteiger partial charge in [-0.1, -0.05) is 78.4 Å². The maximum atomic E-state index is 14.0. The fraction of sp³-hybridized carbons (Fsp3) is 0.0909. The molecule has 0 unspecified atom stereocenters. The first kappa shape index (κ1) is 17.3. The van der Waals surface area contributed by atoms with E-state index in [9.17, 15) is 4.57 Å². The van der Waals surface area contributed by atoms with Gasteiger partial charge in [0, 0.05) is 27.8 Å². The monoisotopic (exact) mass is 347 g/mol. The van der Waals surface area contributed by atoms with Crippen LogP contribution < -0.4 is 15.9 Å². The molecule has 0 bridgehead atoms. The van der Waals surface area contributed by atoms with E-state index in [0.29, 0.717) is 0 Å². The normalized spacial score (nSPS) is 12.0. The third-order valence-corrected chi connectivity index (χ3v) is 6.93. The zero-order valence-corrected chi connectivity index (χ0v) is 15.4. The largest absolute Gasteiger partial charge is 0.359 e. The molecule has 126 valence electrons. The number of aryl methyl sites for hydroxylation is 1. The van der Waals surface area contributed by atoms with Crippen molar-refractivity contribution in [2.45, 2.75) is 13.8 Å².